The molecule has 1 saturated heterocycles. The highest BCUT2D eigenvalue weighted by molar-refractivity contribution is 5.98. The summed E-state index contributed by atoms with van der Waals surface area (Å²) in [5, 5.41) is 0. The zero-order chi connectivity index (χ0) is 36.6. The molecule has 6 aromatic rings. The van der Waals surface area contributed by atoms with Gasteiger partial charge in [0.2, 0.25) is 0 Å². The number of hydrogen-bond donors (Lipinski definition) is 0. The highest BCUT2D eigenvalue weighted by Gasteiger charge is 2.46. The van der Waals surface area contributed by atoms with Gasteiger partial charge in [0.05, 0.1) is 30.4 Å². The minimum absolute atomic E-state index is 0.0132. The summed E-state index contributed by atoms with van der Waals surface area (Å²) in [6, 6.07) is 40.3. The van der Waals surface area contributed by atoms with E-state index in [1.54, 1.807) is 25.4 Å². The summed E-state index contributed by atoms with van der Waals surface area (Å²) >= 11 is 0. The van der Waals surface area contributed by atoms with Crippen LogP contribution in [0.2, 0.25) is 0 Å². The number of Topliss-reactive ketones (excluding diaryl/α,β-unsaturated/α-hetero) is 2. The van der Waals surface area contributed by atoms with Crippen molar-refractivity contribution in [2.75, 3.05) is 19.7 Å². The zero-order valence-electron chi connectivity index (χ0n) is 29.6. The Labute approximate surface area is 308 Å². The van der Waals surface area contributed by atoms with Crippen LogP contribution < -0.4 is 0 Å². The van der Waals surface area contributed by atoms with Crippen molar-refractivity contribution >= 4 is 28.7 Å². The third-order valence-electron chi connectivity index (χ3n) is 9.80. The van der Waals surface area contributed by atoms with E-state index in [4.69, 9.17) is 14.5 Å². The van der Waals surface area contributed by atoms with Gasteiger partial charge in [-0.3, -0.25) is 23.9 Å². The number of benzene rings is 4. The monoisotopic (exact) mass is 707 g/mol. The van der Waals surface area contributed by atoms with E-state index in [-0.39, 0.29) is 37.4 Å². The fraction of sp³-hybridized carbons (Fsp3) is 0.256. The summed E-state index contributed by atoms with van der Waals surface area (Å²) in [6.07, 6.45) is 2.55. The van der Waals surface area contributed by atoms with Gasteiger partial charge in [-0.1, -0.05) is 128 Å². The lowest BCUT2D eigenvalue weighted by Gasteiger charge is -2.50. The van der Waals surface area contributed by atoms with Gasteiger partial charge >= 0.3 is 5.97 Å². The second-order valence-corrected chi connectivity index (χ2v) is 13.1. The average molecular weight is 708 g/mol. The van der Waals surface area contributed by atoms with E-state index in [9.17, 15) is 14.4 Å². The van der Waals surface area contributed by atoms with E-state index < -0.39 is 23.8 Å². The predicted octanol–water partition coefficient (Wildman–Crippen LogP) is 6.75. The molecule has 2 atom stereocenters. The van der Waals surface area contributed by atoms with E-state index >= 15 is 0 Å². The summed E-state index contributed by atoms with van der Waals surface area (Å²) in [6.45, 7) is 2.58. The number of esters is 1. The number of carbonyl (C=O) groups excluding carboxylic acids is 3. The molecule has 0 unspecified atom stereocenters. The Morgan fingerprint density at radius 1 is 0.755 bits per heavy atom. The highest BCUT2D eigenvalue weighted by Crippen LogP contribution is 2.45. The Hall–Kier alpha value is -5.84. The average Bonchev–Trinajstić information content (AvgIpc) is 3.66. The minimum atomic E-state index is -0.778. The molecule has 10 heteroatoms. The lowest BCUT2D eigenvalue weighted by Crippen LogP contribution is -2.57. The van der Waals surface area contributed by atoms with E-state index in [0.717, 1.165) is 16.7 Å². The molecule has 1 fully saturated rings. The zero-order valence-corrected chi connectivity index (χ0v) is 29.6. The number of morpholine rings is 1. The number of ketones is 2. The molecule has 0 amide bonds. The number of carbonyl (C=O) groups is 3. The topological polar surface area (TPSA) is 117 Å². The summed E-state index contributed by atoms with van der Waals surface area (Å²) in [5.41, 5.74) is 4.57. The Bertz CT molecular complexity index is 2060. The van der Waals surface area contributed by atoms with Crippen molar-refractivity contribution in [2.24, 2.45) is 0 Å². The van der Waals surface area contributed by atoms with Crippen molar-refractivity contribution < 1.29 is 23.9 Å². The van der Waals surface area contributed by atoms with E-state index in [1.807, 2.05) is 77.4 Å². The van der Waals surface area contributed by atoms with E-state index in [1.165, 1.54) is 6.33 Å². The number of fused-ring (bicyclic) bond motifs is 1. The molecule has 268 valence electrons. The molecule has 10 nitrogen and oxygen atoms in total. The standard InChI is InChI=1S/C43H41N5O5/c1-2-35(49)23-24-40(51)52-28-36-26-47(43(32-17-9-4-10-18-32,33-19-11-5-12-20-33)34-21-13-6-14-22-34)27-39(53-36)48-30-46-41-37(44-29-45-42(41)48)25-38(50)31-15-7-3-8-16-31/h3-22,29-30,36,39H,2,23-28H2,1H3/t36-,39+/m0/s1. The van der Waals surface area contributed by atoms with Crippen LogP contribution in [0.4, 0.5) is 0 Å². The van der Waals surface area contributed by atoms with Crippen LogP contribution in [0.3, 0.4) is 0 Å². The van der Waals surface area contributed by atoms with Crippen LogP contribution >= 0.6 is 0 Å². The lowest BCUT2D eigenvalue weighted by molar-refractivity contribution is -0.169. The molecular weight excluding hydrogens is 667 g/mol. The van der Waals surface area contributed by atoms with Crippen LogP contribution in [0, 0.1) is 0 Å². The molecule has 0 saturated carbocycles. The molecule has 2 aromatic heterocycles. The first-order chi connectivity index (χ1) is 26.0. The maximum Gasteiger partial charge on any atom is 0.306 e. The van der Waals surface area contributed by atoms with Crippen LogP contribution in [-0.4, -0.2) is 67.8 Å². The quantitative estimate of drug-likeness (QED) is 0.0689. The molecule has 1 aliphatic heterocycles. The van der Waals surface area contributed by atoms with Gasteiger partial charge < -0.3 is 9.47 Å². The van der Waals surface area contributed by atoms with Crippen molar-refractivity contribution in [2.45, 2.75) is 50.5 Å². The first-order valence-electron chi connectivity index (χ1n) is 18.0. The van der Waals surface area contributed by atoms with E-state index in [2.05, 4.69) is 51.3 Å². The Kier molecular flexibility index (Phi) is 10.9. The normalized spacial score (nSPS) is 16.3. The molecule has 1 aliphatic rings. The van der Waals surface area contributed by atoms with Crippen LogP contribution in [0.25, 0.3) is 11.2 Å². The molecule has 3 heterocycles. The second kappa shape index (κ2) is 16.2. The molecule has 0 N–H and O–H groups in total. The van der Waals surface area contributed by atoms with Gasteiger partial charge in [0.15, 0.2) is 11.4 Å². The van der Waals surface area contributed by atoms with Gasteiger partial charge in [-0.15, -0.1) is 0 Å². The van der Waals surface area contributed by atoms with Crippen LogP contribution in [0.5, 0.6) is 0 Å². The number of aromatic nitrogens is 4. The van der Waals surface area contributed by atoms with Crippen LogP contribution in [-0.2, 0) is 31.0 Å². The van der Waals surface area contributed by atoms with Gasteiger partial charge in [0.1, 0.15) is 36.6 Å². The van der Waals surface area contributed by atoms with Gasteiger partial charge in [-0.25, -0.2) is 15.0 Å². The molecule has 53 heavy (non-hydrogen) atoms. The maximum absolute atomic E-state index is 13.2. The van der Waals surface area contributed by atoms with Crippen molar-refractivity contribution in [1.29, 1.82) is 0 Å². The highest BCUT2D eigenvalue weighted by atomic mass is 16.6. The third-order valence-corrected chi connectivity index (χ3v) is 9.80. The molecule has 0 radical (unpaired) electrons. The second-order valence-electron chi connectivity index (χ2n) is 13.1. The fourth-order valence-corrected chi connectivity index (χ4v) is 7.22. The molecule has 0 bridgehead atoms. The first kappa shape index (κ1) is 35.6. The number of imidazole rings is 1. The molecule has 4 aromatic carbocycles. The van der Waals surface area contributed by atoms with Crippen molar-refractivity contribution in [3.8, 4) is 0 Å². The first-order valence-corrected chi connectivity index (χ1v) is 18.0. The molecular formula is C43H41N5O5. The van der Waals surface area contributed by atoms with Gasteiger partial charge in [0.25, 0.3) is 0 Å². The van der Waals surface area contributed by atoms with Gasteiger partial charge in [0, 0.05) is 31.5 Å². The number of rotatable bonds is 14. The summed E-state index contributed by atoms with van der Waals surface area (Å²) < 4.78 is 14.4. The van der Waals surface area contributed by atoms with Crippen molar-refractivity contribution in [3.63, 3.8) is 0 Å². The van der Waals surface area contributed by atoms with Crippen molar-refractivity contribution in [3.05, 3.63) is 162 Å². The summed E-state index contributed by atoms with van der Waals surface area (Å²) in [7, 11) is 0. The Balaban J connectivity index is 1.30. The van der Waals surface area contributed by atoms with E-state index in [0.29, 0.717) is 41.9 Å². The van der Waals surface area contributed by atoms with Gasteiger partial charge in [-0.05, 0) is 16.7 Å². The maximum atomic E-state index is 13.2. The smallest absolute Gasteiger partial charge is 0.306 e. The van der Waals surface area contributed by atoms with Gasteiger partial charge in [-0.2, -0.15) is 0 Å². The summed E-state index contributed by atoms with van der Waals surface area (Å²) in [4.78, 5) is 54.2. The Morgan fingerprint density at radius 3 is 1.92 bits per heavy atom. The Morgan fingerprint density at radius 2 is 1.34 bits per heavy atom. The van der Waals surface area contributed by atoms with Crippen LogP contribution in [0.15, 0.2) is 134 Å². The summed E-state index contributed by atoms with van der Waals surface area (Å²) in [5.74, 6) is -0.501. The fourth-order valence-electron chi connectivity index (χ4n) is 7.22. The van der Waals surface area contributed by atoms with Crippen LogP contribution in [0.1, 0.15) is 65.2 Å². The third kappa shape index (κ3) is 7.55. The molecule has 0 aliphatic carbocycles. The minimum Gasteiger partial charge on any atom is -0.463 e. The largest absolute Gasteiger partial charge is 0.463 e. The number of ether oxygens (including phenoxy) is 2. The molecule has 0 spiro atoms. The molecule has 7 rings (SSSR count). The predicted molar refractivity (Wildman–Crippen MR) is 200 cm³/mol. The SMILES string of the molecule is CCC(=O)CCC(=O)OC[C@@H]1CN(C(c2ccccc2)(c2ccccc2)c2ccccc2)C[C@H](n2cnc3c(CC(=O)c4ccccc4)ncnc32)O1. The lowest BCUT2D eigenvalue weighted by atomic mass is 9.75. The number of nitrogens with zero attached hydrogens (tertiary/aromatic N) is 5. The van der Waals surface area contributed by atoms with Crippen molar-refractivity contribution in [1.82, 2.24) is 24.4 Å². The number of hydrogen-bond acceptors (Lipinski definition) is 9.